The highest BCUT2D eigenvalue weighted by Gasteiger charge is 2.21. The highest BCUT2D eigenvalue weighted by molar-refractivity contribution is 5.95. The van der Waals surface area contributed by atoms with Crippen molar-refractivity contribution in [3.05, 3.63) is 29.3 Å². The number of nitrogens with one attached hydrogen (secondary N) is 2. The minimum atomic E-state index is 0.00377. The molecule has 1 saturated carbocycles. The number of rotatable bonds is 5. The number of anilines is 1. The van der Waals surface area contributed by atoms with Crippen molar-refractivity contribution in [3.63, 3.8) is 0 Å². The van der Waals surface area contributed by atoms with E-state index in [2.05, 4.69) is 24.5 Å². The molecule has 0 spiro atoms. The first kappa shape index (κ1) is 14.9. The molecule has 1 amide bonds. The van der Waals surface area contributed by atoms with Gasteiger partial charge in [0.1, 0.15) is 0 Å². The molecule has 1 atom stereocenters. The van der Waals surface area contributed by atoms with Crippen LogP contribution in [0.2, 0.25) is 0 Å². The fraction of sp³-hybridized carbons (Fsp3) is 0.588. The van der Waals surface area contributed by atoms with Crippen LogP contribution in [0.25, 0.3) is 0 Å². The summed E-state index contributed by atoms with van der Waals surface area (Å²) in [6.45, 7) is 6.95. The highest BCUT2D eigenvalue weighted by atomic mass is 16.1. The van der Waals surface area contributed by atoms with E-state index in [1.165, 1.54) is 31.2 Å². The van der Waals surface area contributed by atoms with Gasteiger partial charge in [0, 0.05) is 23.8 Å². The van der Waals surface area contributed by atoms with Crippen LogP contribution >= 0.6 is 0 Å². The molecule has 1 aliphatic carbocycles. The molecule has 20 heavy (non-hydrogen) atoms. The van der Waals surface area contributed by atoms with Gasteiger partial charge in [0.25, 0.3) is 5.91 Å². The van der Waals surface area contributed by atoms with Crippen molar-refractivity contribution < 1.29 is 4.79 Å². The SMILES string of the molecule is CCNC(=O)c1ccc(C)c(NC(C)C2CCCC2)c1. The van der Waals surface area contributed by atoms with Gasteiger partial charge in [0.15, 0.2) is 0 Å². The van der Waals surface area contributed by atoms with E-state index in [-0.39, 0.29) is 5.91 Å². The van der Waals surface area contributed by atoms with Crippen LogP contribution < -0.4 is 10.6 Å². The van der Waals surface area contributed by atoms with Gasteiger partial charge >= 0.3 is 0 Å². The van der Waals surface area contributed by atoms with Gasteiger partial charge in [-0.15, -0.1) is 0 Å². The molecular weight excluding hydrogens is 248 g/mol. The number of carbonyl (C=O) groups is 1. The molecule has 1 fully saturated rings. The van der Waals surface area contributed by atoms with E-state index in [9.17, 15) is 4.79 Å². The molecule has 2 rings (SSSR count). The zero-order chi connectivity index (χ0) is 14.5. The fourth-order valence-corrected chi connectivity index (χ4v) is 3.00. The maximum atomic E-state index is 11.9. The van der Waals surface area contributed by atoms with Crippen LogP contribution in [0.15, 0.2) is 18.2 Å². The van der Waals surface area contributed by atoms with Crippen LogP contribution in [0.4, 0.5) is 5.69 Å². The van der Waals surface area contributed by atoms with Crippen molar-refractivity contribution in [3.8, 4) is 0 Å². The fourth-order valence-electron chi connectivity index (χ4n) is 3.00. The van der Waals surface area contributed by atoms with E-state index in [0.717, 1.165) is 17.2 Å². The Morgan fingerprint density at radius 1 is 1.35 bits per heavy atom. The molecule has 110 valence electrons. The van der Waals surface area contributed by atoms with Gasteiger partial charge in [0.05, 0.1) is 0 Å². The van der Waals surface area contributed by atoms with Gasteiger partial charge in [-0.25, -0.2) is 0 Å². The van der Waals surface area contributed by atoms with Crippen molar-refractivity contribution in [2.75, 3.05) is 11.9 Å². The number of hydrogen-bond acceptors (Lipinski definition) is 2. The lowest BCUT2D eigenvalue weighted by atomic mass is 9.98. The minimum Gasteiger partial charge on any atom is -0.382 e. The van der Waals surface area contributed by atoms with E-state index in [1.54, 1.807) is 0 Å². The molecule has 0 saturated heterocycles. The van der Waals surface area contributed by atoms with Crippen molar-refractivity contribution in [2.45, 2.75) is 52.5 Å². The first-order chi connectivity index (χ1) is 9.61. The van der Waals surface area contributed by atoms with Crippen LogP contribution in [-0.4, -0.2) is 18.5 Å². The van der Waals surface area contributed by atoms with Crippen molar-refractivity contribution >= 4 is 11.6 Å². The Kier molecular flexibility index (Phi) is 5.05. The van der Waals surface area contributed by atoms with Gasteiger partial charge < -0.3 is 10.6 Å². The van der Waals surface area contributed by atoms with Gasteiger partial charge in [0.2, 0.25) is 0 Å². The molecule has 2 N–H and O–H groups in total. The van der Waals surface area contributed by atoms with Crippen LogP contribution in [0, 0.1) is 12.8 Å². The Labute approximate surface area is 122 Å². The van der Waals surface area contributed by atoms with Crippen LogP contribution in [0.5, 0.6) is 0 Å². The molecule has 0 radical (unpaired) electrons. The minimum absolute atomic E-state index is 0.00377. The summed E-state index contributed by atoms with van der Waals surface area (Å²) in [7, 11) is 0. The third kappa shape index (κ3) is 3.53. The lowest BCUT2D eigenvalue weighted by molar-refractivity contribution is 0.0956. The van der Waals surface area contributed by atoms with E-state index in [4.69, 9.17) is 0 Å². The Balaban J connectivity index is 2.09. The van der Waals surface area contributed by atoms with Crippen molar-refractivity contribution in [1.29, 1.82) is 0 Å². The van der Waals surface area contributed by atoms with E-state index in [0.29, 0.717) is 12.6 Å². The van der Waals surface area contributed by atoms with Gasteiger partial charge in [-0.3, -0.25) is 4.79 Å². The summed E-state index contributed by atoms with van der Waals surface area (Å²) in [5.74, 6) is 0.770. The zero-order valence-corrected chi connectivity index (χ0v) is 12.8. The molecule has 0 aromatic heterocycles. The standard InChI is InChI=1S/C17H26N2O/c1-4-18-17(20)15-10-9-12(2)16(11-15)19-13(3)14-7-5-6-8-14/h9-11,13-14,19H,4-8H2,1-3H3,(H,18,20). The highest BCUT2D eigenvalue weighted by Crippen LogP contribution is 2.30. The maximum Gasteiger partial charge on any atom is 0.251 e. The number of benzene rings is 1. The van der Waals surface area contributed by atoms with E-state index >= 15 is 0 Å². The predicted molar refractivity (Wildman–Crippen MR) is 84.2 cm³/mol. The number of hydrogen-bond donors (Lipinski definition) is 2. The van der Waals surface area contributed by atoms with Crippen molar-refractivity contribution in [2.24, 2.45) is 5.92 Å². The second kappa shape index (κ2) is 6.78. The Bertz CT molecular complexity index is 464. The summed E-state index contributed by atoms with van der Waals surface area (Å²) >= 11 is 0. The molecule has 0 heterocycles. The summed E-state index contributed by atoms with van der Waals surface area (Å²) in [4.78, 5) is 11.9. The van der Waals surface area contributed by atoms with Gasteiger partial charge in [-0.05, 0) is 57.2 Å². The Morgan fingerprint density at radius 3 is 2.70 bits per heavy atom. The summed E-state index contributed by atoms with van der Waals surface area (Å²) in [6, 6.07) is 6.37. The summed E-state index contributed by atoms with van der Waals surface area (Å²) < 4.78 is 0. The second-order valence-electron chi connectivity index (χ2n) is 5.87. The molecule has 0 bridgehead atoms. The summed E-state index contributed by atoms with van der Waals surface area (Å²) in [6.07, 6.45) is 5.36. The molecule has 1 aromatic carbocycles. The van der Waals surface area contributed by atoms with Gasteiger partial charge in [-0.1, -0.05) is 18.9 Å². The van der Waals surface area contributed by atoms with Crippen LogP contribution in [0.1, 0.15) is 55.5 Å². The maximum absolute atomic E-state index is 11.9. The first-order valence-electron chi connectivity index (χ1n) is 7.77. The molecule has 1 aliphatic rings. The largest absolute Gasteiger partial charge is 0.382 e. The molecule has 1 aromatic rings. The first-order valence-corrected chi connectivity index (χ1v) is 7.77. The smallest absolute Gasteiger partial charge is 0.251 e. The number of carbonyl (C=O) groups excluding carboxylic acids is 1. The second-order valence-corrected chi connectivity index (χ2v) is 5.87. The Morgan fingerprint density at radius 2 is 2.05 bits per heavy atom. The Hall–Kier alpha value is -1.51. The molecule has 0 aliphatic heterocycles. The van der Waals surface area contributed by atoms with Crippen molar-refractivity contribution in [1.82, 2.24) is 5.32 Å². The third-order valence-electron chi connectivity index (χ3n) is 4.33. The normalized spacial score (nSPS) is 16.9. The molecule has 1 unspecified atom stereocenters. The van der Waals surface area contributed by atoms with Gasteiger partial charge in [-0.2, -0.15) is 0 Å². The average Bonchev–Trinajstić information content (AvgIpc) is 2.95. The predicted octanol–water partition coefficient (Wildman–Crippen LogP) is 3.74. The summed E-state index contributed by atoms with van der Waals surface area (Å²) in [5.41, 5.74) is 3.02. The average molecular weight is 274 g/mol. The lowest BCUT2D eigenvalue weighted by Crippen LogP contribution is -2.25. The van der Waals surface area contributed by atoms with Crippen LogP contribution in [0.3, 0.4) is 0 Å². The summed E-state index contributed by atoms with van der Waals surface area (Å²) in [5, 5.41) is 6.46. The molecule has 3 heteroatoms. The number of aryl methyl sites for hydroxylation is 1. The quantitative estimate of drug-likeness (QED) is 0.859. The number of amides is 1. The molecular formula is C17H26N2O. The van der Waals surface area contributed by atoms with E-state index in [1.807, 2.05) is 25.1 Å². The van der Waals surface area contributed by atoms with Crippen LogP contribution in [-0.2, 0) is 0 Å². The third-order valence-corrected chi connectivity index (χ3v) is 4.33. The zero-order valence-electron chi connectivity index (χ0n) is 12.8. The lowest BCUT2D eigenvalue weighted by Gasteiger charge is -2.23. The molecule has 3 nitrogen and oxygen atoms in total. The topological polar surface area (TPSA) is 41.1 Å². The van der Waals surface area contributed by atoms with E-state index < -0.39 is 0 Å². The monoisotopic (exact) mass is 274 g/mol.